The van der Waals surface area contributed by atoms with Crippen molar-refractivity contribution in [2.45, 2.75) is 19.4 Å². The van der Waals surface area contributed by atoms with Crippen molar-refractivity contribution >= 4 is 49.2 Å². The van der Waals surface area contributed by atoms with Gasteiger partial charge in [-0.15, -0.1) is 0 Å². The second-order valence-electron chi connectivity index (χ2n) is 7.55. The molecule has 1 N–H and O–H groups in total. The summed E-state index contributed by atoms with van der Waals surface area (Å²) in [5.74, 6) is -0.927. The van der Waals surface area contributed by atoms with Crippen LogP contribution in [0.3, 0.4) is 0 Å². The van der Waals surface area contributed by atoms with Crippen molar-refractivity contribution in [3.63, 3.8) is 0 Å². The van der Waals surface area contributed by atoms with Gasteiger partial charge in [0.05, 0.1) is 18.9 Å². The molecule has 0 fully saturated rings. The number of ketones is 1. The van der Waals surface area contributed by atoms with Gasteiger partial charge in [0.2, 0.25) is 15.8 Å². The maximum absolute atomic E-state index is 12.6. The second kappa shape index (κ2) is 8.47. The number of rotatable bonds is 7. The first-order valence-corrected chi connectivity index (χ1v) is 11.8. The molecule has 0 aliphatic heterocycles. The molecule has 1 unspecified atom stereocenters. The van der Waals surface area contributed by atoms with Crippen LogP contribution in [0.15, 0.2) is 71.3 Å². The van der Waals surface area contributed by atoms with Gasteiger partial charge in [-0.05, 0) is 48.0 Å². The van der Waals surface area contributed by atoms with E-state index in [0.717, 1.165) is 22.4 Å². The van der Waals surface area contributed by atoms with Crippen LogP contribution in [0.4, 0.5) is 5.69 Å². The molecule has 164 valence electrons. The van der Waals surface area contributed by atoms with Crippen molar-refractivity contribution in [1.29, 1.82) is 0 Å². The quantitative estimate of drug-likeness (QED) is 0.332. The monoisotopic (exact) mass is 451 g/mol. The summed E-state index contributed by atoms with van der Waals surface area (Å²) in [5.41, 5.74) is 2.02. The number of anilines is 1. The van der Waals surface area contributed by atoms with Gasteiger partial charge in [-0.25, -0.2) is 8.42 Å². The van der Waals surface area contributed by atoms with E-state index in [1.807, 2.05) is 36.4 Å². The fraction of sp³-hybridized carbons (Fsp3) is 0.167. The molecule has 3 aromatic carbocycles. The van der Waals surface area contributed by atoms with Crippen LogP contribution < -0.4 is 4.72 Å². The molecular weight excluding hydrogens is 430 g/mol. The molecule has 1 atom stereocenters. The van der Waals surface area contributed by atoms with Crippen molar-refractivity contribution in [3.8, 4) is 0 Å². The Labute approximate surface area is 185 Å². The van der Waals surface area contributed by atoms with Gasteiger partial charge in [0.15, 0.2) is 6.10 Å². The first kappa shape index (κ1) is 21.6. The van der Waals surface area contributed by atoms with Crippen molar-refractivity contribution in [3.05, 3.63) is 78.1 Å². The smallest absolute Gasteiger partial charge is 0.311 e. The highest BCUT2D eigenvalue weighted by molar-refractivity contribution is 7.92. The third-order valence-electron chi connectivity index (χ3n) is 5.02. The number of furan rings is 1. The Kier molecular flexibility index (Phi) is 5.71. The van der Waals surface area contributed by atoms with Crippen molar-refractivity contribution in [1.82, 2.24) is 0 Å². The lowest BCUT2D eigenvalue weighted by Crippen LogP contribution is -2.25. The molecule has 1 aromatic heterocycles. The molecule has 0 radical (unpaired) electrons. The Morgan fingerprint density at radius 3 is 2.47 bits per heavy atom. The van der Waals surface area contributed by atoms with Crippen molar-refractivity contribution in [2.24, 2.45) is 0 Å². The van der Waals surface area contributed by atoms with Crippen LogP contribution in [0.2, 0.25) is 0 Å². The Hall–Kier alpha value is -3.65. The minimum Gasteiger partial charge on any atom is -0.464 e. The standard InChI is InChI=1S/C24H21NO6S/c1-15(24(27)17-7-10-19(11-8-17)25-32(2,28)29)31-22(26)13-18-14-30-21-12-9-16-5-3-4-6-20(16)23(18)21/h3-12,14-15,25H,13H2,1-2H3. The first-order chi connectivity index (χ1) is 15.2. The molecule has 32 heavy (non-hydrogen) atoms. The summed E-state index contributed by atoms with van der Waals surface area (Å²) in [6.07, 6.45) is 1.56. The third kappa shape index (κ3) is 4.65. The predicted octanol–water partition coefficient (Wildman–Crippen LogP) is 4.31. The van der Waals surface area contributed by atoms with E-state index in [2.05, 4.69) is 4.72 Å². The lowest BCUT2D eigenvalue weighted by Gasteiger charge is -2.13. The number of hydrogen-bond acceptors (Lipinski definition) is 6. The fourth-order valence-electron chi connectivity index (χ4n) is 3.60. The summed E-state index contributed by atoms with van der Waals surface area (Å²) in [4.78, 5) is 25.2. The van der Waals surface area contributed by atoms with Crippen LogP contribution >= 0.6 is 0 Å². The SMILES string of the molecule is CC(OC(=O)Cc1coc2ccc3ccccc3c12)C(=O)c1ccc(NS(C)(=O)=O)cc1. The molecule has 1 heterocycles. The molecule has 0 aliphatic carbocycles. The van der Waals surface area contributed by atoms with Crippen molar-refractivity contribution in [2.75, 3.05) is 11.0 Å². The lowest BCUT2D eigenvalue weighted by atomic mass is 10.0. The summed E-state index contributed by atoms with van der Waals surface area (Å²) in [6, 6.07) is 17.6. The largest absolute Gasteiger partial charge is 0.464 e. The maximum Gasteiger partial charge on any atom is 0.311 e. The average molecular weight is 452 g/mol. The van der Waals surface area contributed by atoms with Gasteiger partial charge in [0, 0.05) is 22.2 Å². The molecule has 0 spiro atoms. The zero-order valence-corrected chi connectivity index (χ0v) is 18.3. The molecule has 4 aromatic rings. The van der Waals surface area contributed by atoms with Gasteiger partial charge in [-0.2, -0.15) is 0 Å². The summed E-state index contributed by atoms with van der Waals surface area (Å²) in [5, 5.41) is 2.87. The highest BCUT2D eigenvalue weighted by Gasteiger charge is 2.21. The molecule has 0 aliphatic rings. The highest BCUT2D eigenvalue weighted by atomic mass is 32.2. The molecule has 0 saturated carbocycles. The van der Waals surface area contributed by atoms with Crippen LogP contribution in [0, 0.1) is 0 Å². The summed E-state index contributed by atoms with van der Waals surface area (Å²) in [6.45, 7) is 1.51. The number of carbonyl (C=O) groups excluding carboxylic acids is 2. The van der Waals surface area contributed by atoms with Crippen LogP contribution in [-0.2, 0) is 26.0 Å². The molecule has 4 rings (SSSR count). The number of nitrogens with one attached hydrogen (secondary N) is 1. The fourth-order valence-corrected chi connectivity index (χ4v) is 4.17. The van der Waals surface area contributed by atoms with Crippen LogP contribution in [0.5, 0.6) is 0 Å². The molecule has 8 heteroatoms. The molecule has 0 bridgehead atoms. The van der Waals surface area contributed by atoms with Gasteiger partial charge < -0.3 is 9.15 Å². The van der Waals surface area contributed by atoms with E-state index in [1.165, 1.54) is 31.2 Å². The summed E-state index contributed by atoms with van der Waals surface area (Å²) >= 11 is 0. The van der Waals surface area contributed by atoms with Gasteiger partial charge in [-0.1, -0.05) is 30.3 Å². The van der Waals surface area contributed by atoms with E-state index in [-0.39, 0.29) is 12.2 Å². The zero-order valence-electron chi connectivity index (χ0n) is 17.5. The Morgan fingerprint density at radius 2 is 1.75 bits per heavy atom. The van der Waals surface area contributed by atoms with Crippen LogP contribution in [0.1, 0.15) is 22.8 Å². The summed E-state index contributed by atoms with van der Waals surface area (Å²) < 4.78 is 35.9. The third-order valence-corrected chi connectivity index (χ3v) is 5.63. The van der Waals surface area contributed by atoms with Gasteiger partial charge >= 0.3 is 5.97 Å². The highest BCUT2D eigenvalue weighted by Crippen LogP contribution is 2.30. The normalized spacial score (nSPS) is 12.6. The molecule has 0 saturated heterocycles. The zero-order chi connectivity index (χ0) is 22.9. The number of fused-ring (bicyclic) bond motifs is 3. The number of Topliss-reactive ketones (excluding diaryl/α,β-unsaturated/α-hetero) is 1. The Morgan fingerprint density at radius 1 is 1.03 bits per heavy atom. The van der Waals surface area contributed by atoms with Crippen LogP contribution in [-0.4, -0.2) is 32.5 Å². The predicted molar refractivity (Wildman–Crippen MR) is 122 cm³/mol. The number of carbonyl (C=O) groups is 2. The molecule has 7 nitrogen and oxygen atoms in total. The van der Waals surface area contributed by atoms with Gasteiger partial charge in [-0.3, -0.25) is 14.3 Å². The Bertz CT molecular complexity index is 1420. The van der Waals surface area contributed by atoms with E-state index in [1.54, 1.807) is 6.26 Å². The number of sulfonamides is 1. The minimum atomic E-state index is -3.41. The van der Waals surface area contributed by atoms with E-state index < -0.39 is 22.1 Å². The number of benzene rings is 3. The Balaban J connectivity index is 1.46. The lowest BCUT2D eigenvalue weighted by molar-refractivity contribution is -0.145. The number of hydrogen-bond donors (Lipinski definition) is 1. The number of ether oxygens (including phenoxy) is 1. The average Bonchev–Trinajstić information content (AvgIpc) is 3.15. The topological polar surface area (TPSA) is 103 Å². The van der Waals surface area contributed by atoms with Gasteiger partial charge in [0.25, 0.3) is 0 Å². The number of esters is 1. The van der Waals surface area contributed by atoms with E-state index in [9.17, 15) is 18.0 Å². The van der Waals surface area contributed by atoms with Crippen LogP contribution in [0.25, 0.3) is 21.7 Å². The minimum absolute atomic E-state index is 0.0319. The van der Waals surface area contributed by atoms with Gasteiger partial charge in [0.1, 0.15) is 5.58 Å². The molecule has 0 amide bonds. The summed E-state index contributed by atoms with van der Waals surface area (Å²) in [7, 11) is -3.41. The second-order valence-corrected chi connectivity index (χ2v) is 9.29. The maximum atomic E-state index is 12.6. The van der Waals surface area contributed by atoms with Crippen molar-refractivity contribution < 1.29 is 27.2 Å². The van der Waals surface area contributed by atoms with E-state index in [0.29, 0.717) is 22.4 Å². The molecular formula is C24H21NO6S. The van der Waals surface area contributed by atoms with E-state index in [4.69, 9.17) is 9.15 Å². The van der Waals surface area contributed by atoms with E-state index >= 15 is 0 Å². The first-order valence-electron chi connectivity index (χ1n) is 9.90.